The molecule has 1 aromatic rings. The van der Waals surface area contributed by atoms with Gasteiger partial charge < -0.3 is 9.47 Å². The molecule has 12 heteroatoms. The van der Waals surface area contributed by atoms with Crippen LogP contribution < -0.4 is 13.8 Å². The predicted molar refractivity (Wildman–Crippen MR) is 115 cm³/mol. The normalized spacial score (nSPS) is 20.2. The smallest absolute Gasteiger partial charge is 0.244 e. The fraction of sp³-hybridized carbons (Fsp3) is 0.632. The molecule has 0 unspecified atom stereocenters. The van der Waals surface area contributed by atoms with Crippen molar-refractivity contribution in [3.63, 3.8) is 0 Å². The first-order chi connectivity index (χ1) is 14.5. The molecule has 1 amide bonds. The first-order valence-corrected chi connectivity index (χ1v) is 13.2. The summed E-state index contributed by atoms with van der Waals surface area (Å²) in [5.74, 6) is -0.798. The SMILES string of the molecule is CCOc1ccc(N2C(=O)CCS2(=O)=O)cc1S(=O)(=O)NCC(C)(C)N1CCOCC1. The monoisotopic (exact) mass is 475 g/mol. The fourth-order valence-electron chi connectivity index (χ4n) is 3.61. The second-order valence-electron chi connectivity index (χ2n) is 8.02. The Morgan fingerprint density at radius 3 is 2.48 bits per heavy atom. The number of sulfonamides is 2. The summed E-state index contributed by atoms with van der Waals surface area (Å²) in [7, 11) is -7.88. The Hall–Kier alpha value is -1.73. The van der Waals surface area contributed by atoms with Crippen molar-refractivity contribution in [1.29, 1.82) is 0 Å². The zero-order chi connectivity index (χ0) is 22.9. The van der Waals surface area contributed by atoms with E-state index in [-0.39, 0.29) is 41.7 Å². The van der Waals surface area contributed by atoms with E-state index in [1.54, 1.807) is 6.92 Å². The molecule has 2 aliphatic heterocycles. The van der Waals surface area contributed by atoms with Crippen LogP contribution >= 0.6 is 0 Å². The highest BCUT2D eigenvalue weighted by molar-refractivity contribution is 7.94. The van der Waals surface area contributed by atoms with E-state index in [9.17, 15) is 21.6 Å². The molecule has 1 aromatic carbocycles. The average Bonchev–Trinajstić information content (AvgIpc) is 3.00. The van der Waals surface area contributed by atoms with Crippen molar-refractivity contribution in [3.8, 4) is 5.75 Å². The van der Waals surface area contributed by atoms with Crippen LogP contribution in [0.5, 0.6) is 5.75 Å². The van der Waals surface area contributed by atoms with Crippen molar-refractivity contribution in [3.05, 3.63) is 18.2 Å². The van der Waals surface area contributed by atoms with Gasteiger partial charge in [-0.15, -0.1) is 0 Å². The van der Waals surface area contributed by atoms with Crippen LogP contribution in [-0.2, 0) is 29.6 Å². The Labute approximate surface area is 183 Å². The summed E-state index contributed by atoms with van der Waals surface area (Å²) < 4.78 is 65.0. The van der Waals surface area contributed by atoms with E-state index in [0.717, 1.165) is 0 Å². The van der Waals surface area contributed by atoms with E-state index in [4.69, 9.17) is 9.47 Å². The second kappa shape index (κ2) is 9.02. The van der Waals surface area contributed by atoms with Crippen molar-refractivity contribution >= 4 is 31.6 Å². The molecule has 2 aliphatic rings. The van der Waals surface area contributed by atoms with Crippen LogP contribution in [0.2, 0.25) is 0 Å². The summed E-state index contributed by atoms with van der Waals surface area (Å²) in [5, 5.41) is 0. The van der Waals surface area contributed by atoms with Gasteiger partial charge >= 0.3 is 0 Å². The molecule has 0 radical (unpaired) electrons. The summed E-state index contributed by atoms with van der Waals surface area (Å²) in [6, 6.07) is 3.93. The first kappa shape index (κ1) is 23.9. The summed E-state index contributed by atoms with van der Waals surface area (Å²) in [4.78, 5) is 14.1. The third-order valence-electron chi connectivity index (χ3n) is 5.39. The van der Waals surface area contributed by atoms with Gasteiger partial charge in [0.1, 0.15) is 10.6 Å². The van der Waals surface area contributed by atoms with Crippen LogP contribution in [0.4, 0.5) is 5.69 Å². The number of benzene rings is 1. The number of nitrogens with zero attached hydrogens (tertiary/aromatic N) is 2. The van der Waals surface area contributed by atoms with Crippen LogP contribution in [0.1, 0.15) is 27.2 Å². The fourth-order valence-corrected chi connectivity index (χ4v) is 6.42. The number of anilines is 1. The summed E-state index contributed by atoms with van der Waals surface area (Å²) in [5.41, 5.74) is -0.479. The van der Waals surface area contributed by atoms with Gasteiger partial charge in [-0.3, -0.25) is 9.69 Å². The van der Waals surface area contributed by atoms with Crippen LogP contribution in [-0.4, -0.2) is 78.4 Å². The van der Waals surface area contributed by atoms with Crippen LogP contribution in [0.25, 0.3) is 0 Å². The molecule has 2 heterocycles. The minimum Gasteiger partial charge on any atom is -0.492 e. The highest BCUT2D eigenvalue weighted by atomic mass is 32.2. The van der Waals surface area contributed by atoms with Crippen LogP contribution in [0, 0.1) is 0 Å². The quantitative estimate of drug-likeness (QED) is 0.578. The standard InChI is InChI=1S/C19H29N3O7S2/c1-4-29-16-6-5-15(22-18(23)7-12-30(22,24)25)13-17(16)31(26,27)20-14-19(2,3)21-8-10-28-11-9-21/h5-6,13,20H,4,7-12,14H2,1-3H3. The molecule has 3 rings (SSSR count). The Kier molecular flexibility index (Phi) is 6.96. The first-order valence-electron chi connectivity index (χ1n) is 10.1. The number of morpholine rings is 1. The molecule has 174 valence electrons. The molecule has 10 nitrogen and oxygen atoms in total. The topological polar surface area (TPSA) is 122 Å². The Morgan fingerprint density at radius 2 is 1.90 bits per heavy atom. The van der Waals surface area contributed by atoms with E-state index >= 15 is 0 Å². The van der Waals surface area contributed by atoms with Gasteiger partial charge in [0.05, 0.1) is 31.3 Å². The minimum absolute atomic E-state index is 0.0150. The number of rotatable bonds is 8. The molecule has 2 saturated heterocycles. The van der Waals surface area contributed by atoms with Gasteiger partial charge in [0.15, 0.2) is 0 Å². The maximum absolute atomic E-state index is 13.2. The van der Waals surface area contributed by atoms with Crippen LogP contribution in [0.15, 0.2) is 23.1 Å². The minimum atomic E-state index is -4.06. The maximum Gasteiger partial charge on any atom is 0.244 e. The molecule has 0 saturated carbocycles. The molecule has 1 N–H and O–H groups in total. The molecular weight excluding hydrogens is 446 g/mol. The van der Waals surface area contributed by atoms with E-state index in [1.807, 2.05) is 13.8 Å². The molecule has 0 spiro atoms. The maximum atomic E-state index is 13.2. The van der Waals surface area contributed by atoms with Gasteiger partial charge in [0, 0.05) is 31.6 Å². The van der Waals surface area contributed by atoms with Gasteiger partial charge in [-0.25, -0.2) is 25.9 Å². The Morgan fingerprint density at radius 1 is 1.23 bits per heavy atom. The molecule has 31 heavy (non-hydrogen) atoms. The largest absolute Gasteiger partial charge is 0.492 e. The van der Waals surface area contributed by atoms with E-state index in [0.29, 0.717) is 30.6 Å². The number of hydrogen-bond acceptors (Lipinski definition) is 8. The number of carbonyl (C=O) groups is 1. The lowest BCUT2D eigenvalue weighted by molar-refractivity contribution is -0.116. The lowest BCUT2D eigenvalue weighted by Gasteiger charge is -2.40. The van der Waals surface area contributed by atoms with E-state index in [1.165, 1.54) is 18.2 Å². The number of nitrogens with one attached hydrogen (secondary N) is 1. The van der Waals surface area contributed by atoms with Gasteiger partial charge in [0.25, 0.3) is 0 Å². The van der Waals surface area contributed by atoms with Crippen molar-refractivity contribution in [2.24, 2.45) is 0 Å². The summed E-state index contributed by atoms with van der Waals surface area (Å²) in [6.07, 6.45) is -0.135. The molecule has 0 aliphatic carbocycles. The second-order valence-corrected chi connectivity index (χ2v) is 11.7. The number of amides is 1. The van der Waals surface area contributed by atoms with Crippen LogP contribution in [0.3, 0.4) is 0 Å². The van der Waals surface area contributed by atoms with E-state index < -0.39 is 31.5 Å². The molecule has 0 bridgehead atoms. The Bertz CT molecular complexity index is 1030. The zero-order valence-electron chi connectivity index (χ0n) is 18.0. The van der Waals surface area contributed by atoms with Gasteiger partial charge in [-0.05, 0) is 39.0 Å². The van der Waals surface area contributed by atoms with Crippen molar-refractivity contribution in [2.45, 2.75) is 37.6 Å². The van der Waals surface area contributed by atoms with Crippen molar-refractivity contribution < 1.29 is 31.1 Å². The lowest BCUT2D eigenvalue weighted by atomic mass is 10.0. The number of carbonyl (C=O) groups excluding carboxylic acids is 1. The summed E-state index contributed by atoms with van der Waals surface area (Å²) >= 11 is 0. The lowest BCUT2D eigenvalue weighted by Crippen LogP contribution is -2.55. The van der Waals surface area contributed by atoms with Gasteiger partial charge in [-0.1, -0.05) is 0 Å². The highest BCUT2D eigenvalue weighted by Gasteiger charge is 2.37. The van der Waals surface area contributed by atoms with Gasteiger partial charge in [-0.2, -0.15) is 0 Å². The molecule has 0 aromatic heterocycles. The predicted octanol–water partition coefficient (Wildman–Crippen LogP) is 0.541. The molecular formula is C19H29N3O7S2. The van der Waals surface area contributed by atoms with Gasteiger partial charge in [0.2, 0.25) is 26.0 Å². The Balaban J connectivity index is 1.90. The van der Waals surface area contributed by atoms with Crippen molar-refractivity contribution in [1.82, 2.24) is 9.62 Å². The van der Waals surface area contributed by atoms with E-state index in [2.05, 4.69) is 9.62 Å². The third-order valence-corrected chi connectivity index (χ3v) is 8.50. The number of ether oxygens (including phenoxy) is 2. The average molecular weight is 476 g/mol. The summed E-state index contributed by atoms with van der Waals surface area (Å²) in [6.45, 7) is 8.52. The zero-order valence-corrected chi connectivity index (χ0v) is 19.6. The highest BCUT2D eigenvalue weighted by Crippen LogP contribution is 2.33. The number of hydrogen-bond donors (Lipinski definition) is 1. The molecule has 2 fully saturated rings. The molecule has 0 atom stereocenters. The van der Waals surface area contributed by atoms with Crippen molar-refractivity contribution in [2.75, 3.05) is 49.5 Å². The third kappa shape index (κ3) is 5.20.